The van der Waals surface area contributed by atoms with E-state index in [4.69, 9.17) is 11.5 Å². The molecule has 6 aromatic rings. The molecule has 0 radical (unpaired) electrons. The highest BCUT2D eigenvalue weighted by molar-refractivity contribution is 7.86. The van der Waals surface area contributed by atoms with Crippen LogP contribution in [0, 0.1) is 0 Å². The standard InChI is InChI=1S/C34H26N6O12S4/c35-29-11-14-32(28-18-24(54(44,45)46)7-9-25(28)29)40-38-22-6-4-20(34(16-22)56(50,51)52)2-1-19-3-5-21(15-33(19)55(47,48)49)37-39-31-13-12-30(36)27-17-23(53(41,42)43)8-10-26(27)31/h1-18H,35-36H2,(H,41,42,43)(H,44,45,46)(H,47,48,49)(H,50,51,52)/b2-1+,39-37?,40-38?. The van der Waals surface area contributed by atoms with Gasteiger partial charge in [-0.05, 0) is 83.9 Å². The minimum atomic E-state index is -4.92. The topological polar surface area (TPSA) is 319 Å². The second-order valence-electron chi connectivity index (χ2n) is 11.8. The smallest absolute Gasteiger partial charge is 0.295 e. The maximum atomic E-state index is 12.4. The molecule has 0 amide bonds. The molecule has 22 heteroatoms. The lowest BCUT2D eigenvalue weighted by molar-refractivity contribution is 0.480. The Bertz CT molecular complexity index is 3170. The zero-order chi connectivity index (χ0) is 40.8. The van der Waals surface area contributed by atoms with Crippen molar-refractivity contribution in [3.05, 3.63) is 108 Å². The van der Waals surface area contributed by atoms with E-state index in [0.29, 0.717) is 10.8 Å². The first kappa shape index (κ1) is 39.7. The number of nitrogens with two attached hydrogens (primary N) is 2. The van der Waals surface area contributed by atoms with Gasteiger partial charge in [0, 0.05) is 32.9 Å². The number of hydrogen-bond acceptors (Lipinski definition) is 14. The van der Waals surface area contributed by atoms with Gasteiger partial charge in [-0.2, -0.15) is 43.9 Å². The van der Waals surface area contributed by atoms with E-state index in [-0.39, 0.29) is 56.0 Å². The fraction of sp³-hybridized carbons (Fsp3) is 0. The molecule has 0 aliphatic heterocycles. The van der Waals surface area contributed by atoms with Crippen LogP contribution in [0.15, 0.2) is 137 Å². The minimum absolute atomic E-state index is 0.0502. The first-order chi connectivity index (χ1) is 26.1. The predicted octanol–water partition coefficient (Wildman–Crippen LogP) is 7.15. The van der Waals surface area contributed by atoms with Gasteiger partial charge in [0.05, 0.1) is 32.5 Å². The molecule has 0 atom stereocenters. The van der Waals surface area contributed by atoms with Gasteiger partial charge in [-0.1, -0.05) is 36.4 Å². The summed E-state index contributed by atoms with van der Waals surface area (Å²) in [6.07, 6.45) is 2.31. The highest BCUT2D eigenvalue weighted by atomic mass is 32.2. The average Bonchev–Trinajstić information content (AvgIpc) is 3.12. The molecular weight excluding hydrogens is 813 g/mol. The quantitative estimate of drug-likeness (QED) is 0.0345. The van der Waals surface area contributed by atoms with E-state index in [1.54, 1.807) is 0 Å². The second-order valence-corrected chi connectivity index (χ2v) is 17.5. The van der Waals surface area contributed by atoms with Crippen LogP contribution in [0.3, 0.4) is 0 Å². The number of fused-ring (bicyclic) bond motifs is 2. The average molecular weight is 839 g/mol. The van der Waals surface area contributed by atoms with Crippen LogP contribution in [0.25, 0.3) is 33.7 Å². The molecule has 0 spiro atoms. The molecule has 0 saturated carbocycles. The van der Waals surface area contributed by atoms with Crippen molar-refractivity contribution in [2.45, 2.75) is 19.6 Å². The van der Waals surface area contributed by atoms with Crippen molar-refractivity contribution in [1.29, 1.82) is 0 Å². The summed E-state index contributed by atoms with van der Waals surface area (Å²) >= 11 is 0. The van der Waals surface area contributed by atoms with E-state index in [1.807, 2.05) is 0 Å². The van der Waals surface area contributed by atoms with Gasteiger partial charge in [-0.25, -0.2) is 0 Å². The van der Waals surface area contributed by atoms with Gasteiger partial charge < -0.3 is 11.5 Å². The summed E-state index contributed by atoms with van der Waals surface area (Å²) in [6.45, 7) is 0. The van der Waals surface area contributed by atoms with Crippen LogP contribution in [0.1, 0.15) is 11.1 Å². The summed E-state index contributed by atoms with van der Waals surface area (Å²) in [6, 6.07) is 20.2. The van der Waals surface area contributed by atoms with E-state index in [1.165, 1.54) is 60.7 Å². The summed E-state index contributed by atoms with van der Waals surface area (Å²) in [5.74, 6) is 0. The largest absolute Gasteiger partial charge is 0.398 e. The van der Waals surface area contributed by atoms with Gasteiger partial charge in [0.2, 0.25) is 0 Å². The molecule has 6 rings (SSSR count). The summed E-state index contributed by atoms with van der Waals surface area (Å²) in [7, 11) is -18.9. The highest BCUT2D eigenvalue weighted by Crippen LogP contribution is 2.36. The van der Waals surface area contributed by atoms with Crippen molar-refractivity contribution in [3.8, 4) is 0 Å². The van der Waals surface area contributed by atoms with Gasteiger partial charge >= 0.3 is 0 Å². The van der Waals surface area contributed by atoms with Gasteiger partial charge in [-0.15, -0.1) is 10.2 Å². The monoisotopic (exact) mass is 838 g/mol. The number of hydrogen-bond donors (Lipinski definition) is 6. The Morgan fingerprint density at radius 2 is 0.821 bits per heavy atom. The lowest BCUT2D eigenvalue weighted by Crippen LogP contribution is -2.01. The Kier molecular flexibility index (Phi) is 10.3. The van der Waals surface area contributed by atoms with Crippen LogP contribution in [-0.4, -0.2) is 51.9 Å². The molecule has 0 bridgehead atoms. The van der Waals surface area contributed by atoms with Crippen molar-refractivity contribution in [2.75, 3.05) is 11.5 Å². The van der Waals surface area contributed by atoms with Crippen LogP contribution in [0.2, 0.25) is 0 Å². The first-order valence-corrected chi connectivity index (χ1v) is 21.2. The van der Waals surface area contributed by atoms with Crippen LogP contribution in [0.4, 0.5) is 34.1 Å². The zero-order valence-corrected chi connectivity index (χ0v) is 31.3. The summed E-state index contributed by atoms with van der Waals surface area (Å²) in [4.78, 5) is -2.13. The molecule has 0 heterocycles. The molecule has 18 nitrogen and oxygen atoms in total. The molecule has 288 valence electrons. The highest BCUT2D eigenvalue weighted by Gasteiger charge is 2.19. The van der Waals surface area contributed by atoms with Gasteiger partial charge in [-0.3, -0.25) is 18.2 Å². The Labute approximate surface area is 318 Å². The van der Waals surface area contributed by atoms with Crippen molar-refractivity contribution >= 4 is 108 Å². The number of rotatable bonds is 10. The maximum absolute atomic E-state index is 12.4. The third-order valence-electron chi connectivity index (χ3n) is 8.13. The molecule has 0 aromatic heterocycles. The Balaban J connectivity index is 1.33. The zero-order valence-electron chi connectivity index (χ0n) is 28.0. The molecule has 0 unspecified atom stereocenters. The Hall–Kier alpha value is -5.98. The molecule has 56 heavy (non-hydrogen) atoms. The van der Waals surface area contributed by atoms with Crippen molar-refractivity contribution in [1.82, 2.24) is 0 Å². The molecule has 0 saturated heterocycles. The Morgan fingerprint density at radius 3 is 1.27 bits per heavy atom. The van der Waals surface area contributed by atoms with E-state index in [0.717, 1.165) is 48.6 Å². The second kappa shape index (κ2) is 14.6. The van der Waals surface area contributed by atoms with Gasteiger partial charge in [0.15, 0.2) is 0 Å². The first-order valence-electron chi connectivity index (χ1n) is 15.4. The SMILES string of the molecule is Nc1ccc(N=Nc2ccc(/C=C/c3ccc(N=Nc4ccc(N)c5ccc(S(=O)(=O)O)cc45)cc3S(=O)(=O)O)c(S(=O)(=O)O)c2)c2ccc(S(=O)(=O)O)cc12. The number of azo groups is 2. The number of nitrogens with zero attached hydrogens (tertiary/aromatic N) is 4. The predicted molar refractivity (Wildman–Crippen MR) is 206 cm³/mol. The normalized spacial score (nSPS) is 13.1. The minimum Gasteiger partial charge on any atom is -0.398 e. The van der Waals surface area contributed by atoms with E-state index in [2.05, 4.69) is 20.5 Å². The summed E-state index contributed by atoms with van der Waals surface area (Å²) in [5.41, 5.74) is 12.4. The fourth-order valence-electron chi connectivity index (χ4n) is 5.46. The number of benzene rings is 6. The van der Waals surface area contributed by atoms with Gasteiger partial charge in [0.25, 0.3) is 40.5 Å². The van der Waals surface area contributed by atoms with Crippen molar-refractivity contribution in [2.24, 2.45) is 20.5 Å². The van der Waals surface area contributed by atoms with Crippen LogP contribution >= 0.6 is 0 Å². The van der Waals surface area contributed by atoms with Gasteiger partial charge in [0.1, 0.15) is 9.79 Å². The van der Waals surface area contributed by atoms with Crippen molar-refractivity contribution < 1.29 is 51.9 Å². The molecule has 8 N–H and O–H groups in total. The van der Waals surface area contributed by atoms with Crippen molar-refractivity contribution in [3.63, 3.8) is 0 Å². The number of nitrogen functional groups attached to an aromatic ring is 2. The summed E-state index contributed by atoms with van der Waals surface area (Å²) < 4.78 is 135. The fourth-order valence-corrected chi connectivity index (χ4v) is 7.88. The lowest BCUT2D eigenvalue weighted by atomic mass is 10.1. The Morgan fingerprint density at radius 1 is 0.411 bits per heavy atom. The third kappa shape index (κ3) is 8.61. The number of anilines is 2. The molecule has 0 aliphatic carbocycles. The van der Waals surface area contributed by atoms with Crippen LogP contribution in [-0.2, 0) is 40.5 Å². The molecule has 0 fully saturated rings. The maximum Gasteiger partial charge on any atom is 0.295 e. The molecular formula is C34H26N6O12S4. The van der Waals surface area contributed by atoms with E-state index < -0.39 is 60.1 Å². The van der Waals surface area contributed by atoms with E-state index in [9.17, 15) is 51.9 Å². The lowest BCUT2D eigenvalue weighted by Gasteiger charge is -2.08. The third-order valence-corrected chi connectivity index (χ3v) is 11.7. The molecule has 6 aromatic carbocycles. The summed E-state index contributed by atoms with van der Waals surface area (Å²) in [5, 5.41) is 17.4. The van der Waals surface area contributed by atoms with Crippen LogP contribution < -0.4 is 11.5 Å². The van der Waals surface area contributed by atoms with Crippen LogP contribution in [0.5, 0.6) is 0 Å². The van der Waals surface area contributed by atoms with E-state index >= 15 is 0 Å². The molecule has 0 aliphatic rings.